The number of aromatic nitrogens is 1. The molecule has 0 atom stereocenters. The van der Waals surface area contributed by atoms with Crippen molar-refractivity contribution >= 4 is 22.4 Å². The average molecular weight is 292 g/mol. The van der Waals surface area contributed by atoms with Gasteiger partial charge in [-0.3, -0.25) is 0 Å². The molecular formula is C14H16N2O3S. The van der Waals surface area contributed by atoms with Crippen LogP contribution in [0.1, 0.15) is 27.9 Å². The van der Waals surface area contributed by atoms with Gasteiger partial charge in [-0.15, -0.1) is 0 Å². The lowest BCUT2D eigenvalue weighted by atomic mass is 10.2. The Hall–Kier alpha value is -2.08. The van der Waals surface area contributed by atoms with E-state index in [-0.39, 0.29) is 4.88 Å². The van der Waals surface area contributed by atoms with Crippen LogP contribution in [0.25, 0.3) is 0 Å². The molecule has 0 aliphatic heterocycles. The van der Waals surface area contributed by atoms with Crippen molar-refractivity contribution in [1.82, 2.24) is 4.98 Å². The molecule has 106 valence electrons. The number of nitrogens with zero attached hydrogens (tertiary/aromatic N) is 1. The third-order valence-corrected chi connectivity index (χ3v) is 3.80. The summed E-state index contributed by atoms with van der Waals surface area (Å²) in [4.78, 5) is 15.4. The number of hydrogen-bond donors (Lipinski definition) is 2. The van der Waals surface area contributed by atoms with Gasteiger partial charge in [0.2, 0.25) is 0 Å². The highest BCUT2D eigenvalue weighted by molar-refractivity contribution is 7.17. The van der Waals surface area contributed by atoms with Crippen molar-refractivity contribution in [2.75, 3.05) is 11.9 Å². The fourth-order valence-corrected chi connectivity index (χ4v) is 2.59. The van der Waals surface area contributed by atoms with Crippen LogP contribution in [0.2, 0.25) is 0 Å². The molecule has 1 aromatic heterocycles. The van der Waals surface area contributed by atoms with Gasteiger partial charge in [0, 0.05) is 12.1 Å². The van der Waals surface area contributed by atoms with Crippen molar-refractivity contribution in [3.8, 4) is 5.75 Å². The van der Waals surface area contributed by atoms with Crippen LogP contribution in [-0.4, -0.2) is 22.7 Å². The number of ether oxygens (including phenoxy) is 1. The van der Waals surface area contributed by atoms with E-state index in [0.29, 0.717) is 24.0 Å². The Bertz CT molecular complexity index is 610. The number of carboxylic acid groups (broad SMARTS) is 1. The number of benzene rings is 1. The van der Waals surface area contributed by atoms with Gasteiger partial charge in [0.1, 0.15) is 10.6 Å². The second-order valence-corrected chi connectivity index (χ2v) is 5.13. The van der Waals surface area contributed by atoms with E-state index in [0.717, 1.165) is 22.6 Å². The minimum absolute atomic E-state index is 0.269. The monoisotopic (exact) mass is 292 g/mol. The summed E-state index contributed by atoms with van der Waals surface area (Å²) in [6, 6.07) is 7.74. The molecule has 0 spiro atoms. The molecular weight excluding hydrogens is 276 g/mol. The molecule has 0 bridgehead atoms. The van der Waals surface area contributed by atoms with Gasteiger partial charge in [-0.1, -0.05) is 29.5 Å². The van der Waals surface area contributed by atoms with E-state index >= 15 is 0 Å². The highest BCUT2D eigenvalue weighted by Crippen LogP contribution is 2.24. The normalized spacial score (nSPS) is 10.3. The highest BCUT2D eigenvalue weighted by atomic mass is 32.1. The first-order valence-electron chi connectivity index (χ1n) is 6.27. The highest BCUT2D eigenvalue weighted by Gasteiger charge is 2.14. The Morgan fingerprint density at radius 1 is 1.45 bits per heavy atom. The van der Waals surface area contributed by atoms with Gasteiger partial charge >= 0.3 is 5.97 Å². The molecule has 20 heavy (non-hydrogen) atoms. The molecule has 2 aromatic rings. The fraction of sp³-hybridized carbons (Fsp3) is 0.286. The second kappa shape index (κ2) is 6.38. The van der Waals surface area contributed by atoms with Crippen molar-refractivity contribution in [3.63, 3.8) is 0 Å². The number of anilines is 1. The number of nitrogens with one attached hydrogen (secondary N) is 1. The van der Waals surface area contributed by atoms with E-state index in [2.05, 4.69) is 10.3 Å². The maximum absolute atomic E-state index is 11.0. The van der Waals surface area contributed by atoms with Gasteiger partial charge in [0.05, 0.1) is 12.3 Å². The largest absolute Gasteiger partial charge is 0.494 e. The number of thiazole rings is 1. The first-order chi connectivity index (χ1) is 9.61. The number of para-hydroxylation sites is 1. The Morgan fingerprint density at radius 3 is 2.85 bits per heavy atom. The molecule has 0 aliphatic carbocycles. The number of carboxylic acids is 1. The molecule has 6 heteroatoms. The van der Waals surface area contributed by atoms with Crippen LogP contribution in [0.5, 0.6) is 5.75 Å². The molecule has 5 nitrogen and oxygen atoms in total. The Balaban J connectivity index is 2.09. The number of aromatic carboxylic acids is 1. The van der Waals surface area contributed by atoms with E-state index in [1.54, 1.807) is 6.92 Å². The van der Waals surface area contributed by atoms with E-state index < -0.39 is 5.97 Å². The zero-order valence-corrected chi connectivity index (χ0v) is 12.2. The maximum Gasteiger partial charge on any atom is 0.347 e. The second-order valence-electron chi connectivity index (χ2n) is 4.13. The topological polar surface area (TPSA) is 71.5 Å². The molecule has 2 N–H and O–H groups in total. The van der Waals surface area contributed by atoms with Gasteiger partial charge in [0.25, 0.3) is 0 Å². The molecule has 0 unspecified atom stereocenters. The third-order valence-electron chi connectivity index (χ3n) is 2.69. The predicted molar refractivity (Wildman–Crippen MR) is 78.7 cm³/mol. The summed E-state index contributed by atoms with van der Waals surface area (Å²) >= 11 is 1.14. The fourth-order valence-electron chi connectivity index (χ4n) is 1.79. The van der Waals surface area contributed by atoms with E-state index in [4.69, 9.17) is 9.84 Å². The first kappa shape index (κ1) is 14.3. The summed E-state index contributed by atoms with van der Waals surface area (Å²) in [5, 5.41) is 12.7. The average Bonchev–Trinajstić information content (AvgIpc) is 2.79. The molecule has 2 rings (SSSR count). The zero-order valence-electron chi connectivity index (χ0n) is 11.3. The van der Waals surface area contributed by atoms with Gasteiger partial charge in [-0.05, 0) is 19.9 Å². The lowest BCUT2D eigenvalue weighted by Crippen LogP contribution is -2.02. The standard InChI is InChI=1S/C14H16N2O3S/c1-3-19-11-7-5-4-6-10(11)8-15-14-16-9(2)12(20-14)13(17)18/h4-7H,3,8H2,1-2H3,(H,15,16)(H,17,18). The summed E-state index contributed by atoms with van der Waals surface area (Å²) in [7, 11) is 0. The molecule has 1 heterocycles. The summed E-state index contributed by atoms with van der Waals surface area (Å²) < 4.78 is 5.54. The van der Waals surface area contributed by atoms with Crippen molar-refractivity contribution in [1.29, 1.82) is 0 Å². The van der Waals surface area contributed by atoms with Crippen LogP contribution in [-0.2, 0) is 6.54 Å². The van der Waals surface area contributed by atoms with Gasteiger partial charge in [0.15, 0.2) is 5.13 Å². The summed E-state index contributed by atoms with van der Waals surface area (Å²) in [6.07, 6.45) is 0. The van der Waals surface area contributed by atoms with Gasteiger partial charge in [-0.2, -0.15) is 0 Å². The quantitative estimate of drug-likeness (QED) is 0.855. The van der Waals surface area contributed by atoms with Crippen molar-refractivity contribution in [2.45, 2.75) is 20.4 Å². The Morgan fingerprint density at radius 2 is 2.20 bits per heavy atom. The number of hydrogen-bond acceptors (Lipinski definition) is 5. The molecule has 0 aliphatic rings. The number of carbonyl (C=O) groups is 1. The summed E-state index contributed by atoms with van der Waals surface area (Å²) in [5.74, 6) is -0.114. The van der Waals surface area contributed by atoms with E-state index in [1.807, 2.05) is 31.2 Å². The van der Waals surface area contributed by atoms with E-state index in [9.17, 15) is 4.79 Å². The minimum Gasteiger partial charge on any atom is -0.494 e. The number of rotatable bonds is 6. The molecule has 0 radical (unpaired) electrons. The maximum atomic E-state index is 11.0. The molecule has 0 saturated heterocycles. The van der Waals surface area contributed by atoms with Gasteiger partial charge in [-0.25, -0.2) is 9.78 Å². The summed E-state index contributed by atoms with van der Waals surface area (Å²) in [5.41, 5.74) is 1.54. The van der Waals surface area contributed by atoms with Crippen LogP contribution in [0.3, 0.4) is 0 Å². The molecule has 0 saturated carbocycles. The van der Waals surface area contributed by atoms with Crippen LogP contribution in [0, 0.1) is 6.92 Å². The SMILES string of the molecule is CCOc1ccccc1CNc1nc(C)c(C(=O)O)s1. The number of aryl methyl sites for hydroxylation is 1. The Kier molecular flexibility index (Phi) is 4.57. The lowest BCUT2D eigenvalue weighted by Gasteiger charge is -2.10. The Labute approximate surface area is 121 Å². The molecule has 0 amide bonds. The first-order valence-corrected chi connectivity index (χ1v) is 7.08. The predicted octanol–water partition coefficient (Wildman–Crippen LogP) is 3.16. The van der Waals surface area contributed by atoms with Crippen LogP contribution < -0.4 is 10.1 Å². The minimum atomic E-state index is -0.942. The van der Waals surface area contributed by atoms with Crippen molar-refractivity contribution in [2.24, 2.45) is 0 Å². The van der Waals surface area contributed by atoms with Crippen molar-refractivity contribution in [3.05, 3.63) is 40.4 Å². The van der Waals surface area contributed by atoms with Crippen molar-refractivity contribution < 1.29 is 14.6 Å². The zero-order chi connectivity index (χ0) is 14.5. The third kappa shape index (κ3) is 3.27. The van der Waals surface area contributed by atoms with Crippen LogP contribution in [0.4, 0.5) is 5.13 Å². The lowest BCUT2D eigenvalue weighted by molar-refractivity contribution is 0.0701. The van der Waals surface area contributed by atoms with Gasteiger partial charge < -0.3 is 15.2 Å². The van der Waals surface area contributed by atoms with Crippen LogP contribution in [0.15, 0.2) is 24.3 Å². The summed E-state index contributed by atoms with van der Waals surface area (Å²) in [6.45, 7) is 4.78. The van der Waals surface area contributed by atoms with Crippen LogP contribution >= 0.6 is 11.3 Å². The van der Waals surface area contributed by atoms with E-state index in [1.165, 1.54) is 0 Å². The smallest absolute Gasteiger partial charge is 0.347 e. The molecule has 0 fully saturated rings. The molecule has 1 aromatic carbocycles.